The number of rotatable bonds is 8. The molecule has 1 aromatic rings. The molecule has 0 aliphatic carbocycles. The molecule has 1 amide bonds. The van der Waals surface area contributed by atoms with Gasteiger partial charge in [-0.2, -0.15) is 0 Å². The van der Waals surface area contributed by atoms with Crippen molar-refractivity contribution in [1.82, 2.24) is 9.80 Å². The van der Waals surface area contributed by atoms with Crippen molar-refractivity contribution in [1.29, 1.82) is 0 Å². The van der Waals surface area contributed by atoms with Crippen LogP contribution in [0.15, 0.2) is 22.7 Å². The Kier molecular flexibility index (Phi) is 7.75. The molecule has 0 unspecified atom stereocenters. The number of halogens is 1. The van der Waals surface area contributed by atoms with E-state index in [0.29, 0.717) is 18.7 Å². The normalized spacial score (nSPS) is 10.9. The summed E-state index contributed by atoms with van der Waals surface area (Å²) in [5.74, 6) is -0.0822. The zero-order valence-electron chi connectivity index (χ0n) is 13.1. The summed E-state index contributed by atoms with van der Waals surface area (Å²) >= 11 is 3.34. The Morgan fingerprint density at radius 1 is 1.14 bits per heavy atom. The van der Waals surface area contributed by atoms with Gasteiger partial charge < -0.3 is 14.9 Å². The smallest absolute Gasteiger partial charge is 0.257 e. The number of hydrogen-bond donors (Lipinski definition) is 1. The lowest BCUT2D eigenvalue weighted by atomic mass is 10.1. The van der Waals surface area contributed by atoms with E-state index in [4.69, 9.17) is 0 Å². The average Bonchev–Trinajstić information content (AvgIpc) is 2.49. The highest BCUT2D eigenvalue weighted by Gasteiger charge is 2.18. The van der Waals surface area contributed by atoms with Crippen LogP contribution < -0.4 is 0 Å². The van der Waals surface area contributed by atoms with E-state index < -0.39 is 0 Å². The third-order valence-electron chi connectivity index (χ3n) is 3.65. The van der Waals surface area contributed by atoms with Gasteiger partial charge in [-0.3, -0.25) is 4.79 Å². The monoisotopic (exact) mass is 356 g/mol. The van der Waals surface area contributed by atoms with Gasteiger partial charge in [0.15, 0.2) is 0 Å². The van der Waals surface area contributed by atoms with Gasteiger partial charge in [0, 0.05) is 17.6 Å². The Morgan fingerprint density at radius 2 is 1.81 bits per heavy atom. The van der Waals surface area contributed by atoms with E-state index in [1.807, 2.05) is 6.92 Å². The van der Waals surface area contributed by atoms with Crippen LogP contribution in [0.4, 0.5) is 0 Å². The summed E-state index contributed by atoms with van der Waals surface area (Å²) in [6.45, 7) is 10.6. The predicted octanol–water partition coefficient (Wildman–Crippen LogP) is 3.35. The molecule has 0 radical (unpaired) electrons. The van der Waals surface area contributed by atoms with Gasteiger partial charge in [-0.25, -0.2) is 0 Å². The van der Waals surface area contributed by atoms with Crippen molar-refractivity contribution in [3.05, 3.63) is 28.2 Å². The fourth-order valence-corrected chi connectivity index (χ4v) is 2.64. The summed E-state index contributed by atoms with van der Waals surface area (Å²) in [7, 11) is 0. The fourth-order valence-electron chi connectivity index (χ4n) is 2.28. The summed E-state index contributed by atoms with van der Waals surface area (Å²) in [5, 5.41) is 9.86. The molecule has 0 saturated carbocycles. The Bertz CT molecular complexity index is 462. The number of carbonyl (C=O) groups excluding carboxylic acids is 1. The molecular formula is C16H25BrN2O2. The molecule has 118 valence electrons. The van der Waals surface area contributed by atoms with Gasteiger partial charge >= 0.3 is 0 Å². The molecule has 0 spiro atoms. The van der Waals surface area contributed by atoms with Gasteiger partial charge in [-0.15, -0.1) is 0 Å². The standard InChI is InChI=1S/C16H25BrN2O2/c1-4-18(5-2)10-7-11-19(6-3)16(21)14-12-13(17)8-9-15(14)20/h8-9,12,20H,4-7,10-11H2,1-3H3. The highest BCUT2D eigenvalue weighted by molar-refractivity contribution is 9.10. The van der Waals surface area contributed by atoms with E-state index in [9.17, 15) is 9.90 Å². The molecule has 0 saturated heterocycles. The third kappa shape index (κ3) is 5.32. The summed E-state index contributed by atoms with van der Waals surface area (Å²) in [6.07, 6.45) is 0.941. The first-order chi connectivity index (χ1) is 10.0. The number of phenolic OH excluding ortho intramolecular Hbond substituents is 1. The van der Waals surface area contributed by atoms with E-state index in [-0.39, 0.29) is 11.7 Å². The number of phenols is 1. The second kappa shape index (κ2) is 9.05. The quantitative estimate of drug-likeness (QED) is 0.776. The summed E-state index contributed by atoms with van der Waals surface area (Å²) < 4.78 is 0.794. The molecule has 0 bridgehead atoms. The molecule has 0 heterocycles. The topological polar surface area (TPSA) is 43.8 Å². The zero-order valence-corrected chi connectivity index (χ0v) is 14.7. The molecule has 0 atom stereocenters. The van der Waals surface area contributed by atoms with Crippen LogP contribution in [0.1, 0.15) is 37.6 Å². The number of carbonyl (C=O) groups is 1. The SMILES string of the molecule is CCN(CC)CCCN(CC)C(=O)c1cc(Br)ccc1O. The van der Waals surface area contributed by atoms with E-state index in [0.717, 1.165) is 30.5 Å². The fraction of sp³-hybridized carbons (Fsp3) is 0.562. The van der Waals surface area contributed by atoms with E-state index >= 15 is 0 Å². The number of nitrogens with zero attached hydrogens (tertiary/aromatic N) is 2. The second-order valence-electron chi connectivity index (χ2n) is 4.93. The lowest BCUT2D eigenvalue weighted by Gasteiger charge is -2.24. The largest absolute Gasteiger partial charge is 0.507 e. The summed E-state index contributed by atoms with van der Waals surface area (Å²) in [6, 6.07) is 4.94. The highest BCUT2D eigenvalue weighted by atomic mass is 79.9. The minimum Gasteiger partial charge on any atom is -0.507 e. The van der Waals surface area contributed by atoms with Crippen LogP contribution >= 0.6 is 15.9 Å². The molecule has 1 aromatic carbocycles. The average molecular weight is 357 g/mol. The number of benzene rings is 1. The molecule has 0 aliphatic heterocycles. The Balaban J connectivity index is 2.67. The highest BCUT2D eigenvalue weighted by Crippen LogP contribution is 2.23. The molecule has 1 N–H and O–H groups in total. The minimum atomic E-state index is -0.115. The van der Waals surface area contributed by atoms with Crippen LogP contribution in [0.2, 0.25) is 0 Å². The number of aromatic hydroxyl groups is 1. The molecule has 5 heteroatoms. The van der Waals surface area contributed by atoms with Gasteiger partial charge in [0.25, 0.3) is 5.91 Å². The molecule has 0 aromatic heterocycles. The van der Waals surface area contributed by atoms with Crippen LogP contribution in [0.3, 0.4) is 0 Å². The van der Waals surface area contributed by atoms with Gasteiger partial charge in [0.1, 0.15) is 5.75 Å². The van der Waals surface area contributed by atoms with Crippen LogP contribution in [0.5, 0.6) is 5.75 Å². The van der Waals surface area contributed by atoms with Gasteiger partial charge in [-0.1, -0.05) is 29.8 Å². The van der Waals surface area contributed by atoms with Crippen molar-refractivity contribution < 1.29 is 9.90 Å². The van der Waals surface area contributed by atoms with E-state index in [1.54, 1.807) is 23.1 Å². The maximum Gasteiger partial charge on any atom is 0.257 e. The van der Waals surface area contributed by atoms with E-state index in [2.05, 4.69) is 34.7 Å². The van der Waals surface area contributed by atoms with Crippen molar-refractivity contribution in [2.75, 3.05) is 32.7 Å². The maximum absolute atomic E-state index is 12.5. The first kappa shape index (κ1) is 18.0. The maximum atomic E-state index is 12.5. The van der Waals surface area contributed by atoms with E-state index in [1.165, 1.54) is 0 Å². The Hall–Kier alpha value is -1.07. The second-order valence-corrected chi connectivity index (χ2v) is 5.84. The Labute approximate surface area is 135 Å². The van der Waals surface area contributed by atoms with Crippen LogP contribution in [0, 0.1) is 0 Å². The lowest BCUT2D eigenvalue weighted by molar-refractivity contribution is 0.0754. The Morgan fingerprint density at radius 3 is 2.38 bits per heavy atom. The zero-order chi connectivity index (χ0) is 15.8. The molecular weight excluding hydrogens is 332 g/mol. The van der Waals surface area contributed by atoms with Crippen LogP contribution in [0.25, 0.3) is 0 Å². The van der Waals surface area contributed by atoms with Crippen LogP contribution in [-0.2, 0) is 0 Å². The van der Waals surface area contributed by atoms with Crippen LogP contribution in [-0.4, -0.2) is 53.5 Å². The lowest BCUT2D eigenvalue weighted by Crippen LogP contribution is -2.34. The minimum absolute atomic E-state index is 0.0328. The number of hydrogen-bond acceptors (Lipinski definition) is 3. The molecule has 0 aliphatic rings. The molecule has 4 nitrogen and oxygen atoms in total. The first-order valence-corrected chi connectivity index (χ1v) is 8.32. The predicted molar refractivity (Wildman–Crippen MR) is 89.8 cm³/mol. The van der Waals surface area contributed by atoms with Crippen molar-refractivity contribution >= 4 is 21.8 Å². The van der Waals surface area contributed by atoms with Gasteiger partial charge in [0.05, 0.1) is 5.56 Å². The van der Waals surface area contributed by atoms with Crippen molar-refractivity contribution in [3.63, 3.8) is 0 Å². The van der Waals surface area contributed by atoms with Crippen molar-refractivity contribution in [2.24, 2.45) is 0 Å². The molecule has 0 fully saturated rings. The third-order valence-corrected chi connectivity index (χ3v) is 4.15. The molecule has 21 heavy (non-hydrogen) atoms. The molecule has 1 rings (SSSR count). The first-order valence-electron chi connectivity index (χ1n) is 7.53. The van der Waals surface area contributed by atoms with Gasteiger partial charge in [-0.05, 0) is 51.2 Å². The summed E-state index contributed by atoms with van der Waals surface area (Å²) in [5.41, 5.74) is 0.356. The summed E-state index contributed by atoms with van der Waals surface area (Å²) in [4.78, 5) is 16.6. The van der Waals surface area contributed by atoms with Crippen molar-refractivity contribution in [3.8, 4) is 5.75 Å². The number of amides is 1. The van der Waals surface area contributed by atoms with Crippen molar-refractivity contribution in [2.45, 2.75) is 27.2 Å². The van der Waals surface area contributed by atoms with Gasteiger partial charge in [0.2, 0.25) is 0 Å².